The zero-order valence-corrected chi connectivity index (χ0v) is 14.3. The molecule has 0 aliphatic carbocycles. The molecule has 2 heterocycles. The average molecular weight is 336 g/mol. The summed E-state index contributed by atoms with van der Waals surface area (Å²) in [6.07, 6.45) is 0.746. The normalized spacial score (nSPS) is 25.3. The highest BCUT2D eigenvalue weighted by molar-refractivity contribution is 5.85. The summed E-state index contributed by atoms with van der Waals surface area (Å²) >= 11 is 0. The minimum absolute atomic E-state index is 0.0992. The minimum atomic E-state index is -0.0992. The average Bonchev–Trinajstić information content (AvgIpc) is 3.12. The molecule has 2 N–H and O–H groups in total. The molecule has 2 aromatic carbocycles. The summed E-state index contributed by atoms with van der Waals surface area (Å²) in [6, 6.07) is 18.3. The van der Waals surface area contributed by atoms with Crippen LogP contribution < -0.4 is 10.5 Å². The molecule has 2 aliphatic heterocycles. The first-order chi connectivity index (χ1) is 12.3. The van der Waals surface area contributed by atoms with Crippen LogP contribution >= 0.6 is 0 Å². The molecular formula is C21H24N2O2. The number of nitrogens with zero attached hydrogens (tertiary/aromatic N) is 1. The summed E-state index contributed by atoms with van der Waals surface area (Å²) in [7, 11) is 0. The fraction of sp³-hybridized carbons (Fsp3) is 0.381. The van der Waals surface area contributed by atoms with Crippen LogP contribution in [0.4, 0.5) is 0 Å². The van der Waals surface area contributed by atoms with Crippen molar-refractivity contribution in [1.82, 2.24) is 4.90 Å². The number of hydrogen-bond donors (Lipinski definition) is 1. The van der Waals surface area contributed by atoms with Crippen molar-refractivity contribution >= 4 is 5.91 Å². The Morgan fingerprint density at radius 1 is 1.08 bits per heavy atom. The molecule has 130 valence electrons. The third-order valence-corrected chi connectivity index (χ3v) is 5.54. The molecule has 25 heavy (non-hydrogen) atoms. The first-order valence-corrected chi connectivity index (χ1v) is 9.03. The Hall–Kier alpha value is -2.33. The lowest BCUT2D eigenvalue weighted by Crippen LogP contribution is -2.36. The van der Waals surface area contributed by atoms with Gasteiger partial charge >= 0.3 is 0 Å². The summed E-state index contributed by atoms with van der Waals surface area (Å²) in [6.45, 7) is 2.70. The van der Waals surface area contributed by atoms with E-state index in [1.807, 2.05) is 35.2 Å². The predicted octanol–water partition coefficient (Wildman–Crippen LogP) is 2.75. The van der Waals surface area contributed by atoms with E-state index in [1.165, 1.54) is 5.56 Å². The van der Waals surface area contributed by atoms with Crippen molar-refractivity contribution in [2.24, 2.45) is 11.7 Å². The Kier molecular flexibility index (Phi) is 4.45. The van der Waals surface area contributed by atoms with E-state index in [0.717, 1.165) is 30.8 Å². The van der Waals surface area contributed by atoms with E-state index in [1.54, 1.807) is 0 Å². The number of fused-ring (bicyclic) bond motifs is 1. The second-order valence-corrected chi connectivity index (χ2v) is 6.98. The van der Waals surface area contributed by atoms with Gasteiger partial charge in [0.1, 0.15) is 5.75 Å². The highest BCUT2D eigenvalue weighted by Crippen LogP contribution is 2.38. The number of amides is 1. The molecule has 2 aromatic rings. The Bertz CT molecular complexity index is 747. The van der Waals surface area contributed by atoms with Gasteiger partial charge in [-0.15, -0.1) is 0 Å². The maximum absolute atomic E-state index is 13.2. The van der Waals surface area contributed by atoms with Crippen LogP contribution in [0.3, 0.4) is 0 Å². The quantitative estimate of drug-likeness (QED) is 0.938. The largest absolute Gasteiger partial charge is 0.493 e. The molecule has 4 nitrogen and oxygen atoms in total. The molecule has 0 spiro atoms. The molecule has 0 radical (unpaired) electrons. The van der Waals surface area contributed by atoms with E-state index in [4.69, 9.17) is 10.5 Å². The number of benzene rings is 2. The van der Waals surface area contributed by atoms with Crippen LogP contribution in [0.1, 0.15) is 29.4 Å². The summed E-state index contributed by atoms with van der Waals surface area (Å²) in [5.41, 5.74) is 8.32. The van der Waals surface area contributed by atoms with E-state index < -0.39 is 0 Å². The molecule has 0 bridgehead atoms. The van der Waals surface area contributed by atoms with Crippen molar-refractivity contribution in [2.75, 3.05) is 26.2 Å². The lowest BCUT2D eigenvalue weighted by molar-refractivity contribution is -0.132. The molecule has 3 atom stereocenters. The van der Waals surface area contributed by atoms with Gasteiger partial charge in [0.2, 0.25) is 5.91 Å². The highest BCUT2D eigenvalue weighted by atomic mass is 16.5. The number of para-hydroxylation sites is 1. The van der Waals surface area contributed by atoms with Gasteiger partial charge in [-0.3, -0.25) is 4.79 Å². The molecule has 2 aliphatic rings. The first kappa shape index (κ1) is 16.2. The number of ether oxygens (including phenoxy) is 1. The summed E-state index contributed by atoms with van der Waals surface area (Å²) in [4.78, 5) is 15.2. The molecule has 1 amide bonds. The predicted molar refractivity (Wildman–Crippen MR) is 97.6 cm³/mol. The van der Waals surface area contributed by atoms with E-state index in [9.17, 15) is 4.79 Å². The van der Waals surface area contributed by atoms with Gasteiger partial charge in [-0.2, -0.15) is 0 Å². The topological polar surface area (TPSA) is 55.6 Å². The zero-order chi connectivity index (χ0) is 17.2. The van der Waals surface area contributed by atoms with Crippen molar-refractivity contribution in [1.29, 1.82) is 0 Å². The van der Waals surface area contributed by atoms with Gasteiger partial charge in [0.05, 0.1) is 12.5 Å². The van der Waals surface area contributed by atoms with Gasteiger partial charge in [-0.1, -0.05) is 48.5 Å². The van der Waals surface area contributed by atoms with Crippen LogP contribution in [0.2, 0.25) is 0 Å². The lowest BCUT2D eigenvalue weighted by Gasteiger charge is -2.28. The summed E-state index contributed by atoms with van der Waals surface area (Å²) in [5, 5.41) is 0. The molecule has 4 rings (SSSR count). The first-order valence-electron chi connectivity index (χ1n) is 9.03. The minimum Gasteiger partial charge on any atom is -0.493 e. The number of nitrogens with two attached hydrogens (primary N) is 1. The Labute approximate surface area is 148 Å². The van der Waals surface area contributed by atoms with Gasteiger partial charge in [0.25, 0.3) is 0 Å². The Morgan fingerprint density at radius 3 is 2.64 bits per heavy atom. The monoisotopic (exact) mass is 336 g/mol. The van der Waals surface area contributed by atoms with Gasteiger partial charge in [-0.05, 0) is 30.5 Å². The molecule has 1 unspecified atom stereocenters. The summed E-state index contributed by atoms with van der Waals surface area (Å²) < 4.78 is 5.71. The zero-order valence-electron chi connectivity index (χ0n) is 14.3. The van der Waals surface area contributed by atoms with Gasteiger partial charge in [0, 0.05) is 24.6 Å². The summed E-state index contributed by atoms with van der Waals surface area (Å²) in [5.74, 6) is 1.61. The molecule has 4 heteroatoms. The Morgan fingerprint density at radius 2 is 1.84 bits per heavy atom. The number of rotatable bonds is 3. The smallest absolute Gasteiger partial charge is 0.230 e. The van der Waals surface area contributed by atoms with Crippen molar-refractivity contribution in [3.05, 3.63) is 65.7 Å². The second-order valence-electron chi connectivity index (χ2n) is 6.98. The third-order valence-electron chi connectivity index (χ3n) is 5.54. The number of likely N-dealkylation sites (tertiary alicyclic amines) is 1. The maximum Gasteiger partial charge on any atom is 0.230 e. The van der Waals surface area contributed by atoms with Crippen LogP contribution in [-0.2, 0) is 4.79 Å². The standard InChI is InChI=1S/C21H24N2O2/c22-12-16-13-23(14-19(16)15-6-2-1-3-7-15)21(24)18-10-11-25-20-9-5-4-8-17(18)20/h1-9,16,18-19H,10-14,22H2/t16-,18?,19+/m1/s1. The van der Waals surface area contributed by atoms with Crippen LogP contribution in [0, 0.1) is 5.92 Å². The van der Waals surface area contributed by atoms with Gasteiger partial charge < -0.3 is 15.4 Å². The van der Waals surface area contributed by atoms with Crippen molar-refractivity contribution in [3.8, 4) is 5.75 Å². The van der Waals surface area contributed by atoms with Crippen molar-refractivity contribution < 1.29 is 9.53 Å². The fourth-order valence-electron chi connectivity index (χ4n) is 4.19. The molecular weight excluding hydrogens is 312 g/mol. The van der Waals surface area contributed by atoms with Crippen LogP contribution in [-0.4, -0.2) is 37.0 Å². The van der Waals surface area contributed by atoms with Crippen molar-refractivity contribution in [2.45, 2.75) is 18.3 Å². The van der Waals surface area contributed by atoms with E-state index >= 15 is 0 Å². The number of hydrogen-bond acceptors (Lipinski definition) is 3. The SMILES string of the molecule is NC[C@@H]1CN(C(=O)C2CCOc3ccccc32)C[C@H]1c1ccccc1. The van der Waals surface area contributed by atoms with E-state index in [-0.39, 0.29) is 11.8 Å². The van der Waals surface area contributed by atoms with E-state index in [2.05, 4.69) is 24.3 Å². The van der Waals surface area contributed by atoms with Gasteiger partial charge in [-0.25, -0.2) is 0 Å². The third kappa shape index (κ3) is 3.02. The molecule has 0 saturated carbocycles. The van der Waals surface area contributed by atoms with Crippen molar-refractivity contribution in [3.63, 3.8) is 0 Å². The second kappa shape index (κ2) is 6.89. The van der Waals surface area contributed by atoms with E-state index in [0.29, 0.717) is 25.0 Å². The molecule has 1 saturated heterocycles. The molecule has 0 aromatic heterocycles. The van der Waals surface area contributed by atoms with Gasteiger partial charge in [0.15, 0.2) is 0 Å². The highest BCUT2D eigenvalue weighted by Gasteiger charge is 2.39. The Balaban J connectivity index is 1.56. The van der Waals surface area contributed by atoms with Crippen LogP contribution in [0.25, 0.3) is 0 Å². The lowest BCUT2D eigenvalue weighted by atomic mass is 9.89. The fourth-order valence-corrected chi connectivity index (χ4v) is 4.19. The van der Waals surface area contributed by atoms with Crippen LogP contribution in [0.5, 0.6) is 5.75 Å². The van der Waals surface area contributed by atoms with Crippen LogP contribution in [0.15, 0.2) is 54.6 Å². The maximum atomic E-state index is 13.2. The number of carbonyl (C=O) groups is 1. The number of carbonyl (C=O) groups excluding carboxylic acids is 1. The molecule has 1 fully saturated rings.